The third-order valence-electron chi connectivity index (χ3n) is 6.93. The molecule has 2 aliphatic rings. The van der Waals surface area contributed by atoms with Crippen molar-refractivity contribution < 1.29 is 17.9 Å². The molecule has 0 spiro atoms. The number of hydrogen-bond acceptors (Lipinski definition) is 10. The number of carbonyl (C=O) groups is 1. The van der Waals surface area contributed by atoms with Crippen LogP contribution in [-0.4, -0.2) is 71.2 Å². The number of likely N-dealkylation sites (tertiary alicyclic amines) is 1. The van der Waals surface area contributed by atoms with E-state index in [4.69, 9.17) is 4.74 Å². The minimum Gasteiger partial charge on any atom is -0.477 e. The van der Waals surface area contributed by atoms with E-state index in [9.17, 15) is 13.2 Å². The summed E-state index contributed by atoms with van der Waals surface area (Å²) in [6.07, 6.45) is 10.4. The van der Waals surface area contributed by atoms with Crippen LogP contribution >= 0.6 is 11.3 Å². The van der Waals surface area contributed by atoms with Crippen LogP contribution in [0.4, 0.5) is 5.69 Å². The van der Waals surface area contributed by atoms with E-state index in [1.54, 1.807) is 36.9 Å². The van der Waals surface area contributed by atoms with Crippen molar-refractivity contribution in [2.24, 2.45) is 5.92 Å². The minimum absolute atomic E-state index is 0.299. The largest absolute Gasteiger partial charge is 0.477 e. The van der Waals surface area contributed by atoms with E-state index >= 15 is 0 Å². The normalized spacial score (nSPS) is 17.5. The maximum Gasteiger partial charge on any atom is 0.280 e. The van der Waals surface area contributed by atoms with Crippen LogP contribution in [0.15, 0.2) is 36.9 Å². The number of aromatic nitrogens is 4. The number of hydrogen-bond donors (Lipinski definition) is 2. The summed E-state index contributed by atoms with van der Waals surface area (Å²) in [6.45, 7) is 4.35. The fourth-order valence-corrected chi connectivity index (χ4v) is 6.77. The van der Waals surface area contributed by atoms with Gasteiger partial charge in [-0.05, 0) is 77.2 Å². The molecular formula is C26H33N7O4S2. The summed E-state index contributed by atoms with van der Waals surface area (Å²) < 4.78 is 33.1. The molecule has 0 bridgehead atoms. The Balaban J connectivity index is 1.35. The predicted molar refractivity (Wildman–Crippen MR) is 149 cm³/mol. The van der Waals surface area contributed by atoms with Gasteiger partial charge in [0, 0.05) is 12.4 Å². The molecule has 0 radical (unpaired) electrons. The standard InChI is InChI=1S/C26H33N7O4S2/c1-3-37-24-16-27-14-22(30-24)23-15-29-26(38-23)25(34)31-21(12-17-7-10-33(2)11-8-17)20-13-18(6-9-28-20)32-39(35,36)19-4-5-19/h6,9,13-17,19,21H,3-5,7-8,10-12H2,1-2H3,(H,28,32)(H,31,34). The summed E-state index contributed by atoms with van der Waals surface area (Å²) in [5.41, 5.74) is 1.65. The summed E-state index contributed by atoms with van der Waals surface area (Å²) in [4.78, 5) is 33.9. The topological polar surface area (TPSA) is 139 Å². The second-order valence-electron chi connectivity index (χ2n) is 10.0. The number of nitrogens with one attached hydrogen (secondary N) is 2. The molecule has 1 saturated carbocycles. The molecule has 5 rings (SSSR count). The summed E-state index contributed by atoms with van der Waals surface area (Å²) >= 11 is 1.23. The van der Waals surface area contributed by atoms with Gasteiger partial charge in [-0.3, -0.25) is 19.5 Å². The number of sulfonamides is 1. The van der Waals surface area contributed by atoms with Crippen molar-refractivity contribution in [2.45, 2.75) is 50.3 Å². The van der Waals surface area contributed by atoms with Crippen molar-refractivity contribution in [3.8, 4) is 16.5 Å². The molecule has 39 heavy (non-hydrogen) atoms. The highest BCUT2D eigenvalue weighted by Crippen LogP contribution is 2.32. The third kappa shape index (κ3) is 7.08. The van der Waals surface area contributed by atoms with Gasteiger partial charge < -0.3 is 15.0 Å². The van der Waals surface area contributed by atoms with Gasteiger partial charge in [-0.15, -0.1) is 11.3 Å². The Morgan fingerprint density at radius 1 is 1.18 bits per heavy atom. The average molecular weight is 572 g/mol. The van der Waals surface area contributed by atoms with Crippen molar-refractivity contribution in [3.05, 3.63) is 47.6 Å². The van der Waals surface area contributed by atoms with Gasteiger partial charge in [0.1, 0.15) is 5.69 Å². The van der Waals surface area contributed by atoms with E-state index in [-0.39, 0.29) is 11.2 Å². The number of rotatable bonds is 11. The van der Waals surface area contributed by atoms with Gasteiger partial charge in [-0.1, -0.05) is 0 Å². The first-order valence-corrected chi connectivity index (χ1v) is 15.5. The van der Waals surface area contributed by atoms with Crippen molar-refractivity contribution in [1.82, 2.24) is 30.2 Å². The quantitative estimate of drug-likeness (QED) is 0.354. The molecule has 1 atom stereocenters. The molecule has 2 N–H and O–H groups in total. The number of piperidine rings is 1. The average Bonchev–Trinajstić information content (AvgIpc) is 3.68. The third-order valence-corrected chi connectivity index (χ3v) is 9.82. The highest BCUT2D eigenvalue weighted by Gasteiger charge is 2.36. The molecule has 1 unspecified atom stereocenters. The lowest BCUT2D eigenvalue weighted by Crippen LogP contribution is -2.35. The van der Waals surface area contributed by atoms with Crippen LogP contribution in [0.3, 0.4) is 0 Å². The first-order chi connectivity index (χ1) is 18.8. The van der Waals surface area contributed by atoms with Gasteiger partial charge in [0.2, 0.25) is 15.9 Å². The van der Waals surface area contributed by atoms with E-state index < -0.39 is 16.1 Å². The van der Waals surface area contributed by atoms with Crippen LogP contribution in [0.1, 0.15) is 60.6 Å². The van der Waals surface area contributed by atoms with Crippen molar-refractivity contribution in [2.75, 3.05) is 31.5 Å². The smallest absolute Gasteiger partial charge is 0.280 e. The SMILES string of the molecule is CCOc1cncc(-c2cnc(C(=O)NC(CC3CCN(C)CC3)c3cc(NS(=O)(=O)C4CC4)ccn3)s2)n1. The number of pyridine rings is 1. The minimum atomic E-state index is -3.41. The highest BCUT2D eigenvalue weighted by atomic mass is 32.2. The zero-order chi connectivity index (χ0) is 27.4. The molecule has 2 fully saturated rings. The predicted octanol–water partition coefficient (Wildman–Crippen LogP) is 3.50. The molecule has 3 aromatic heterocycles. The second kappa shape index (κ2) is 11.9. The molecule has 208 valence electrons. The van der Waals surface area contributed by atoms with Crippen LogP contribution in [0.5, 0.6) is 5.88 Å². The molecule has 3 aromatic rings. The molecule has 4 heterocycles. The van der Waals surface area contributed by atoms with Gasteiger partial charge in [0.25, 0.3) is 5.91 Å². The Labute approximate surface area is 232 Å². The Morgan fingerprint density at radius 2 is 1.97 bits per heavy atom. The van der Waals surface area contributed by atoms with Gasteiger partial charge in [0.05, 0.1) is 46.6 Å². The second-order valence-corrected chi connectivity index (χ2v) is 13.0. The van der Waals surface area contributed by atoms with Crippen LogP contribution in [-0.2, 0) is 10.0 Å². The Kier molecular flexibility index (Phi) is 8.38. The molecule has 1 aliphatic heterocycles. The number of anilines is 1. The fourth-order valence-electron chi connectivity index (χ4n) is 4.61. The molecule has 1 amide bonds. The summed E-state index contributed by atoms with van der Waals surface area (Å²) in [5, 5.41) is 3.09. The van der Waals surface area contributed by atoms with Crippen molar-refractivity contribution in [3.63, 3.8) is 0 Å². The monoisotopic (exact) mass is 571 g/mol. The van der Waals surface area contributed by atoms with E-state index in [0.717, 1.165) is 25.9 Å². The molecule has 0 aromatic carbocycles. The number of amides is 1. The lowest BCUT2D eigenvalue weighted by atomic mass is 9.89. The lowest BCUT2D eigenvalue weighted by Gasteiger charge is -2.31. The number of carbonyl (C=O) groups excluding carboxylic acids is 1. The van der Waals surface area contributed by atoms with Crippen molar-refractivity contribution >= 4 is 33.0 Å². The highest BCUT2D eigenvalue weighted by molar-refractivity contribution is 7.93. The van der Waals surface area contributed by atoms with Crippen LogP contribution < -0.4 is 14.8 Å². The van der Waals surface area contributed by atoms with Gasteiger partial charge in [0.15, 0.2) is 5.01 Å². The van der Waals surface area contributed by atoms with Crippen LogP contribution in [0, 0.1) is 5.92 Å². The summed E-state index contributed by atoms with van der Waals surface area (Å²) in [5.74, 6) is 0.503. The zero-order valence-corrected chi connectivity index (χ0v) is 23.7. The summed E-state index contributed by atoms with van der Waals surface area (Å²) in [6, 6.07) is 2.97. The Bertz CT molecular complexity index is 1400. The molecule has 1 aliphatic carbocycles. The summed E-state index contributed by atoms with van der Waals surface area (Å²) in [7, 11) is -1.30. The van der Waals surface area contributed by atoms with E-state index in [0.29, 0.717) is 64.6 Å². The first-order valence-electron chi connectivity index (χ1n) is 13.2. The zero-order valence-electron chi connectivity index (χ0n) is 22.0. The van der Waals surface area contributed by atoms with E-state index in [1.807, 2.05) is 6.92 Å². The molecule has 1 saturated heterocycles. The number of thiazole rings is 1. The number of ether oxygens (including phenoxy) is 1. The first kappa shape index (κ1) is 27.4. The molecule has 11 nitrogen and oxygen atoms in total. The van der Waals surface area contributed by atoms with E-state index in [2.05, 4.69) is 41.9 Å². The van der Waals surface area contributed by atoms with E-state index in [1.165, 1.54) is 11.3 Å². The molecular weight excluding hydrogens is 538 g/mol. The van der Waals surface area contributed by atoms with Gasteiger partial charge in [-0.25, -0.2) is 18.4 Å². The maximum atomic E-state index is 13.4. The lowest BCUT2D eigenvalue weighted by molar-refractivity contribution is 0.0923. The number of nitrogens with zero attached hydrogens (tertiary/aromatic N) is 5. The van der Waals surface area contributed by atoms with Crippen LogP contribution in [0.2, 0.25) is 0 Å². The van der Waals surface area contributed by atoms with Gasteiger partial charge >= 0.3 is 0 Å². The van der Waals surface area contributed by atoms with Crippen molar-refractivity contribution in [1.29, 1.82) is 0 Å². The maximum absolute atomic E-state index is 13.4. The fraction of sp³-hybridized carbons (Fsp3) is 0.500. The Hall–Kier alpha value is -3.16. The Morgan fingerprint density at radius 3 is 2.72 bits per heavy atom. The van der Waals surface area contributed by atoms with Gasteiger partial charge in [-0.2, -0.15) is 0 Å². The van der Waals surface area contributed by atoms with Crippen LogP contribution in [0.25, 0.3) is 10.6 Å². The molecule has 13 heteroatoms.